The molecule has 2 N–H and O–H groups in total. The summed E-state index contributed by atoms with van der Waals surface area (Å²) in [6.45, 7) is 0.124. The molecule has 1 aromatic heterocycles. The molecule has 0 saturated heterocycles. The number of phenols is 2. The zero-order valence-electron chi connectivity index (χ0n) is 16.4. The van der Waals surface area contributed by atoms with E-state index >= 15 is 0 Å². The van der Waals surface area contributed by atoms with Crippen molar-refractivity contribution < 1.29 is 19.8 Å². The van der Waals surface area contributed by atoms with E-state index in [9.17, 15) is 19.8 Å². The molecule has 2 aromatic carbocycles. The van der Waals surface area contributed by atoms with Crippen LogP contribution < -0.4 is 4.90 Å². The Balaban J connectivity index is 2.02. The Labute approximate surface area is 178 Å². The van der Waals surface area contributed by atoms with Gasteiger partial charge in [0.05, 0.1) is 22.8 Å². The molecule has 0 spiro atoms. The van der Waals surface area contributed by atoms with Crippen LogP contribution in [0.25, 0.3) is 0 Å². The highest BCUT2D eigenvalue weighted by atomic mass is 35.5. The summed E-state index contributed by atoms with van der Waals surface area (Å²) in [5.41, 5.74) is 1.54. The number of anilines is 1. The van der Waals surface area contributed by atoms with Crippen LogP contribution in [-0.2, 0) is 6.54 Å². The standard InChI is InChI=1S/C22H20ClN3O4/c1-25(2)21(29)14-6-8-16(9-7-14)26(13-15-5-3-4-10-24-15)22(30)17-11-18(23)20(28)12-19(17)27/h3-12,27-28H,13H2,1-2H3. The second kappa shape index (κ2) is 8.84. The topological polar surface area (TPSA) is 94.0 Å². The van der Waals surface area contributed by atoms with Gasteiger partial charge in [-0.3, -0.25) is 14.6 Å². The number of pyridine rings is 1. The van der Waals surface area contributed by atoms with Crippen molar-refractivity contribution >= 4 is 29.1 Å². The fourth-order valence-electron chi connectivity index (χ4n) is 2.84. The molecule has 0 saturated carbocycles. The number of hydrogen-bond acceptors (Lipinski definition) is 5. The maximum Gasteiger partial charge on any atom is 0.262 e. The van der Waals surface area contributed by atoms with Crippen LogP contribution in [0.1, 0.15) is 26.4 Å². The number of carbonyl (C=O) groups excluding carboxylic acids is 2. The van der Waals surface area contributed by atoms with Gasteiger partial charge < -0.3 is 20.0 Å². The highest BCUT2D eigenvalue weighted by Crippen LogP contribution is 2.33. The second-order valence-electron chi connectivity index (χ2n) is 6.78. The van der Waals surface area contributed by atoms with Gasteiger partial charge in [0, 0.05) is 37.6 Å². The lowest BCUT2D eigenvalue weighted by Crippen LogP contribution is -2.31. The third-order valence-electron chi connectivity index (χ3n) is 4.42. The Bertz CT molecular complexity index is 1070. The summed E-state index contributed by atoms with van der Waals surface area (Å²) in [5, 5.41) is 19.8. The van der Waals surface area contributed by atoms with Crippen molar-refractivity contribution in [2.45, 2.75) is 6.54 Å². The molecule has 0 aliphatic carbocycles. The third-order valence-corrected chi connectivity index (χ3v) is 4.72. The third kappa shape index (κ3) is 4.52. The van der Waals surface area contributed by atoms with E-state index < -0.39 is 11.7 Å². The van der Waals surface area contributed by atoms with Crippen LogP contribution >= 0.6 is 11.6 Å². The van der Waals surface area contributed by atoms with Gasteiger partial charge in [0.15, 0.2) is 0 Å². The lowest BCUT2D eigenvalue weighted by atomic mass is 10.1. The van der Waals surface area contributed by atoms with Gasteiger partial charge in [-0.2, -0.15) is 0 Å². The minimum atomic E-state index is -0.535. The molecule has 1 heterocycles. The molecule has 0 atom stereocenters. The molecular formula is C22H20ClN3O4. The molecule has 2 amide bonds. The first kappa shape index (κ1) is 21.1. The lowest BCUT2D eigenvalue weighted by Gasteiger charge is -2.24. The summed E-state index contributed by atoms with van der Waals surface area (Å²) in [5.74, 6) is -1.42. The van der Waals surface area contributed by atoms with Crippen molar-refractivity contribution in [3.8, 4) is 11.5 Å². The Kier molecular flexibility index (Phi) is 6.23. The largest absolute Gasteiger partial charge is 0.507 e. The van der Waals surface area contributed by atoms with Crippen LogP contribution in [0.2, 0.25) is 5.02 Å². The van der Waals surface area contributed by atoms with Gasteiger partial charge in [-0.25, -0.2) is 0 Å². The Morgan fingerprint density at radius 2 is 1.67 bits per heavy atom. The lowest BCUT2D eigenvalue weighted by molar-refractivity contribution is 0.0827. The Hall–Kier alpha value is -3.58. The van der Waals surface area contributed by atoms with Crippen molar-refractivity contribution in [3.05, 3.63) is 82.6 Å². The van der Waals surface area contributed by atoms with Gasteiger partial charge in [-0.15, -0.1) is 0 Å². The first-order valence-corrected chi connectivity index (χ1v) is 9.40. The normalized spacial score (nSPS) is 10.5. The van der Waals surface area contributed by atoms with Gasteiger partial charge >= 0.3 is 0 Å². The summed E-state index contributed by atoms with van der Waals surface area (Å²) in [6, 6.07) is 14.1. The minimum Gasteiger partial charge on any atom is -0.507 e. The highest BCUT2D eigenvalue weighted by molar-refractivity contribution is 6.32. The van der Waals surface area contributed by atoms with E-state index in [1.165, 1.54) is 15.9 Å². The number of amides is 2. The quantitative estimate of drug-likeness (QED) is 0.650. The fraction of sp³-hybridized carbons (Fsp3) is 0.136. The molecule has 8 heteroatoms. The second-order valence-corrected chi connectivity index (χ2v) is 7.19. The number of rotatable bonds is 5. The molecular weight excluding hydrogens is 406 g/mol. The first-order valence-electron chi connectivity index (χ1n) is 9.03. The molecule has 0 bridgehead atoms. The summed E-state index contributed by atoms with van der Waals surface area (Å²) >= 11 is 5.94. The van der Waals surface area contributed by atoms with Crippen molar-refractivity contribution in [2.24, 2.45) is 0 Å². The molecule has 0 radical (unpaired) electrons. The monoisotopic (exact) mass is 425 g/mol. The number of phenolic OH excluding ortho intramolecular Hbond substituents is 2. The van der Waals surface area contributed by atoms with Crippen LogP contribution in [0.15, 0.2) is 60.8 Å². The molecule has 3 rings (SSSR count). The molecule has 30 heavy (non-hydrogen) atoms. The summed E-state index contributed by atoms with van der Waals surface area (Å²) in [4.78, 5) is 32.6. The van der Waals surface area contributed by atoms with Gasteiger partial charge in [0.1, 0.15) is 11.5 Å². The summed E-state index contributed by atoms with van der Waals surface area (Å²) < 4.78 is 0. The van der Waals surface area contributed by atoms with E-state index in [-0.39, 0.29) is 28.8 Å². The molecule has 0 unspecified atom stereocenters. The predicted molar refractivity (Wildman–Crippen MR) is 114 cm³/mol. The number of benzene rings is 2. The average molecular weight is 426 g/mol. The van der Waals surface area contributed by atoms with E-state index in [2.05, 4.69) is 4.98 Å². The smallest absolute Gasteiger partial charge is 0.262 e. The summed E-state index contributed by atoms with van der Waals surface area (Å²) in [7, 11) is 3.31. The zero-order chi connectivity index (χ0) is 21.8. The Morgan fingerprint density at radius 3 is 2.27 bits per heavy atom. The summed E-state index contributed by atoms with van der Waals surface area (Å²) in [6.07, 6.45) is 1.62. The van der Waals surface area contributed by atoms with Crippen LogP contribution in [0.3, 0.4) is 0 Å². The Morgan fingerprint density at radius 1 is 0.967 bits per heavy atom. The molecule has 7 nitrogen and oxygen atoms in total. The van der Waals surface area contributed by atoms with Crippen LogP contribution in [0, 0.1) is 0 Å². The van der Waals surface area contributed by atoms with Crippen molar-refractivity contribution in [2.75, 3.05) is 19.0 Å². The predicted octanol–water partition coefficient (Wildman–Crippen LogP) is 3.70. The van der Waals surface area contributed by atoms with E-state index in [1.807, 2.05) is 0 Å². The van der Waals surface area contributed by atoms with Gasteiger partial charge in [0.25, 0.3) is 11.8 Å². The van der Waals surface area contributed by atoms with E-state index in [0.717, 1.165) is 6.07 Å². The maximum atomic E-state index is 13.3. The number of nitrogens with zero attached hydrogens (tertiary/aromatic N) is 3. The van der Waals surface area contributed by atoms with Crippen molar-refractivity contribution in [1.29, 1.82) is 0 Å². The van der Waals surface area contributed by atoms with Gasteiger partial charge in [-0.1, -0.05) is 17.7 Å². The van der Waals surface area contributed by atoms with Crippen LogP contribution in [-0.4, -0.2) is 46.0 Å². The highest BCUT2D eigenvalue weighted by Gasteiger charge is 2.23. The first-order chi connectivity index (χ1) is 14.3. The number of carbonyl (C=O) groups is 2. The number of halogens is 1. The zero-order valence-corrected chi connectivity index (χ0v) is 17.2. The molecule has 0 fully saturated rings. The van der Waals surface area contributed by atoms with E-state index in [1.54, 1.807) is 62.8 Å². The number of hydrogen-bond donors (Lipinski definition) is 2. The molecule has 0 aliphatic rings. The van der Waals surface area contributed by atoms with Crippen molar-refractivity contribution in [1.82, 2.24) is 9.88 Å². The van der Waals surface area contributed by atoms with Crippen molar-refractivity contribution in [3.63, 3.8) is 0 Å². The van der Waals surface area contributed by atoms with Gasteiger partial charge in [0.2, 0.25) is 0 Å². The number of aromatic hydroxyl groups is 2. The molecule has 3 aromatic rings. The van der Waals surface area contributed by atoms with Crippen LogP contribution in [0.5, 0.6) is 11.5 Å². The fourth-order valence-corrected chi connectivity index (χ4v) is 3.01. The maximum absolute atomic E-state index is 13.3. The van der Waals surface area contributed by atoms with E-state index in [4.69, 9.17) is 11.6 Å². The minimum absolute atomic E-state index is 0.0548. The van der Waals surface area contributed by atoms with Crippen LogP contribution in [0.4, 0.5) is 5.69 Å². The van der Waals surface area contributed by atoms with E-state index in [0.29, 0.717) is 16.9 Å². The SMILES string of the molecule is CN(C)C(=O)c1ccc(N(Cc2ccccn2)C(=O)c2cc(Cl)c(O)cc2O)cc1. The average Bonchev–Trinajstić information content (AvgIpc) is 2.74. The molecule has 154 valence electrons. The number of aromatic nitrogens is 1. The van der Waals surface area contributed by atoms with Gasteiger partial charge in [-0.05, 0) is 42.5 Å². The molecule has 0 aliphatic heterocycles.